The zero-order chi connectivity index (χ0) is 11.7. The number of nitrogens with zero attached hydrogens (tertiary/aromatic N) is 1. The first-order valence-electron chi connectivity index (χ1n) is 6.78. The number of unbranched alkanes of at least 4 members (excludes halogenated alkanes) is 1. The minimum atomic E-state index is 0.670. The van der Waals surface area contributed by atoms with Gasteiger partial charge in [0.1, 0.15) is 0 Å². The van der Waals surface area contributed by atoms with E-state index in [-0.39, 0.29) is 0 Å². The maximum Gasteiger partial charge on any atom is 0.0947 e. The van der Waals surface area contributed by atoms with Crippen LogP contribution < -0.4 is 5.01 Å². The van der Waals surface area contributed by atoms with Crippen molar-refractivity contribution in [2.75, 3.05) is 19.6 Å². The molecule has 0 aromatic rings. The highest BCUT2D eigenvalue weighted by Crippen LogP contribution is 1.93. The molecule has 1 atom stereocenters. The van der Waals surface area contributed by atoms with Gasteiger partial charge in [0.05, 0.1) is 19.1 Å². The summed E-state index contributed by atoms with van der Waals surface area (Å²) in [6.07, 6.45) is 5.21. The van der Waals surface area contributed by atoms with Crippen LogP contribution in [0.15, 0.2) is 0 Å². The highest BCUT2D eigenvalue weighted by Gasteiger charge is 2.20. The fourth-order valence-corrected chi connectivity index (χ4v) is 2.10. The minimum absolute atomic E-state index is 0.670. The summed E-state index contributed by atoms with van der Waals surface area (Å²) in [5.74, 6) is 0. The van der Waals surface area contributed by atoms with Crippen LogP contribution in [0, 0.1) is 0 Å². The molecular formula is C13H31N2+. The van der Waals surface area contributed by atoms with Crippen molar-refractivity contribution in [1.29, 1.82) is 0 Å². The largest absolute Gasteiger partial charge is 0.255 e. The van der Waals surface area contributed by atoms with Gasteiger partial charge < -0.3 is 0 Å². The Balaban J connectivity index is 4.23. The van der Waals surface area contributed by atoms with E-state index in [1.54, 1.807) is 5.01 Å². The zero-order valence-corrected chi connectivity index (χ0v) is 11.5. The molecule has 0 radical (unpaired) electrons. The van der Waals surface area contributed by atoms with E-state index in [0.717, 1.165) is 0 Å². The lowest BCUT2D eigenvalue weighted by Gasteiger charge is -2.33. The van der Waals surface area contributed by atoms with E-state index in [4.69, 9.17) is 0 Å². The summed E-state index contributed by atoms with van der Waals surface area (Å²) >= 11 is 0. The van der Waals surface area contributed by atoms with Crippen molar-refractivity contribution in [3.05, 3.63) is 0 Å². The first kappa shape index (κ1) is 14.9. The minimum Gasteiger partial charge on any atom is -0.255 e. The molecule has 0 rings (SSSR count). The summed E-state index contributed by atoms with van der Waals surface area (Å²) in [5.41, 5.74) is 0. The molecule has 0 aliphatic rings. The molecule has 0 aromatic heterocycles. The average molecular weight is 215 g/mol. The molecule has 0 aliphatic carbocycles. The van der Waals surface area contributed by atoms with Gasteiger partial charge in [-0.05, 0) is 33.1 Å². The molecule has 0 amide bonds. The maximum atomic E-state index is 2.62. The van der Waals surface area contributed by atoms with Crippen molar-refractivity contribution in [3.8, 4) is 0 Å². The third kappa shape index (κ3) is 6.16. The molecule has 0 spiro atoms. The molecule has 0 saturated heterocycles. The first-order chi connectivity index (χ1) is 7.17. The molecule has 15 heavy (non-hydrogen) atoms. The van der Waals surface area contributed by atoms with Crippen molar-refractivity contribution < 1.29 is 5.01 Å². The summed E-state index contributed by atoms with van der Waals surface area (Å²) in [6.45, 7) is 15.3. The number of hydrogen-bond acceptors (Lipinski definition) is 1. The summed E-state index contributed by atoms with van der Waals surface area (Å²) in [5, 5.41) is 4.32. The van der Waals surface area contributed by atoms with Crippen molar-refractivity contribution >= 4 is 0 Å². The Morgan fingerprint density at radius 2 is 1.60 bits per heavy atom. The predicted molar refractivity (Wildman–Crippen MR) is 68.0 cm³/mol. The highest BCUT2D eigenvalue weighted by molar-refractivity contribution is 4.50. The smallest absolute Gasteiger partial charge is 0.0947 e. The second-order valence-corrected chi connectivity index (χ2v) is 4.71. The first-order valence-corrected chi connectivity index (χ1v) is 6.78. The molecule has 1 N–H and O–H groups in total. The number of hydrogen-bond donors (Lipinski definition) is 1. The van der Waals surface area contributed by atoms with E-state index in [2.05, 4.69) is 39.6 Å². The van der Waals surface area contributed by atoms with Crippen LogP contribution in [-0.2, 0) is 0 Å². The van der Waals surface area contributed by atoms with Crippen LogP contribution in [0.1, 0.15) is 60.3 Å². The number of nitrogens with one attached hydrogen (secondary N) is 1. The van der Waals surface area contributed by atoms with E-state index >= 15 is 0 Å². The standard InChI is InChI=1S/C13H30N2/c1-6-9-12-14(10-7-2)15(11-8-3)13(4)5/h13H,6-12H2,1-5H3/p+1. The Kier molecular flexibility index (Phi) is 9.12. The van der Waals surface area contributed by atoms with Gasteiger partial charge in [0.2, 0.25) is 0 Å². The Bertz CT molecular complexity index is 134. The number of rotatable bonds is 9. The van der Waals surface area contributed by atoms with E-state index in [0.29, 0.717) is 6.04 Å². The molecule has 0 aliphatic heterocycles. The zero-order valence-electron chi connectivity index (χ0n) is 11.5. The Labute approximate surface area is 96.6 Å². The summed E-state index contributed by atoms with van der Waals surface area (Å²) in [6, 6.07) is 0.670. The highest BCUT2D eigenvalue weighted by atomic mass is 15.6. The van der Waals surface area contributed by atoms with E-state index in [1.165, 1.54) is 45.3 Å². The molecule has 0 fully saturated rings. The van der Waals surface area contributed by atoms with Gasteiger partial charge in [-0.3, -0.25) is 5.01 Å². The van der Waals surface area contributed by atoms with Crippen LogP contribution >= 0.6 is 0 Å². The molecule has 2 nitrogen and oxygen atoms in total. The molecule has 0 heterocycles. The number of quaternary nitrogens is 1. The Morgan fingerprint density at radius 1 is 0.933 bits per heavy atom. The lowest BCUT2D eigenvalue weighted by molar-refractivity contribution is -1.02. The Hall–Kier alpha value is -0.0800. The summed E-state index contributed by atoms with van der Waals surface area (Å²) < 4.78 is 0. The van der Waals surface area contributed by atoms with Gasteiger partial charge in [0, 0.05) is 6.54 Å². The third-order valence-electron chi connectivity index (χ3n) is 2.85. The van der Waals surface area contributed by atoms with Gasteiger partial charge in [-0.1, -0.05) is 27.2 Å². The predicted octanol–water partition coefficient (Wildman–Crippen LogP) is 2.12. The molecular weight excluding hydrogens is 184 g/mol. The molecule has 92 valence electrons. The van der Waals surface area contributed by atoms with Crippen LogP contribution in [-0.4, -0.2) is 30.7 Å². The topological polar surface area (TPSA) is 7.68 Å². The van der Waals surface area contributed by atoms with Gasteiger partial charge in [-0.2, -0.15) is 5.01 Å². The van der Waals surface area contributed by atoms with Gasteiger partial charge in [-0.15, -0.1) is 0 Å². The van der Waals surface area contributed by atoms with Gasteiger partial charge in [0.15, 0.2) is 0 Å². The van der Waals surface area contributed by atoms with Crippen molar-refractivity contribution in [3.63, 3.8) is 0 Å². The second kappa shape index (κ2) is 9.17. The summed E-state index contributed by atoms with van der Waals surface area (Å²) in [4.78, 5) is 0. The van der Waals surface area contributed by atoms with Crippen LogP contribution in [0.2, 0.25) is 0 Å². The van der Waals surface area contributed by atoms with Crippen LogP contribution in [0.5, 0.6) is 0 Å². The SMILES string of the molecule is CCCC[NH+](CCC)N(CCC)C(C)C. The second-order valence-electron chi connectivity index (χ2n) is 4.71. The van der Waals surface area contributed by atoms with Gasteiger partial charge in [0.25, 0.3) is 0 Å². The molecule has 1 unspecified atom stereocenters. The molecule has 2 heteroatoms. The fourth-order valence-electron chi connectivity index (χ4n) is 2.10. The normalized spacial score (nSPS) is 13.8. The van der Waals surface area contributed by atoms with Crippen LogP contribution in [0.4, 0.5) is 0 Å². The van der Waals surface area contributed by atoms with E-state index < -0.39 is 0 Å². The average Bonchev–Trinajstić information content (AvgIpc) is 2.21. The monoisotopic (exact) mass is 215 g/mol. The van der Waals surface area contributed by atoms with Gasteiger partial charge in [-0.25, -0.2) is 0 Å². The lowest BCUT2D eigenvalue weighted by Crippen LogP contribution is -3.19. The van der Waals surface area contributed by atoms with Crippen LogP contribution in [0.25, 0.3) is 0 Å². The van der Waals surface area contributed by atoms with Crippen LogP contribution in [0.3, 0.4) is 0 Å². The van der Waals surface area contributed by atoms with E-state index in [9.17, 15) is 0 Å². The quantitative estimate of drug-likeness (QED) is 0.579. The van der Waals surface area contributed by atoms with Crippen molar-refractivity contribution in [1.82, 2.24) is 5.01 Å². The van der Waals surface area contributed by atoms with E-state index in [1.807, 2.05) is 0 Å². The molecule has 0 aromatic carbocycles. The fraction of sp³-hybridized carbons (Fsp3) is 1.00. The van der Waals surface area contributed by atoms with Gasteiger partial charge >= 0.3 is 0 Å². The maximum absolute atomic E-state index is 2.62. The van der Waals surface area contributed by atoms with Crippen molar-refractivity contribution in [2.24, 2.45) is 0 Å². The Morgan fingerprint density at radius 3 is 2.00 bits per heavy atom. The molecule has 0 saturated carbocycles. The summed E-state index contributed by atoms with van der Waals surface area (Å²) in [7, 11) is 0. The molecule has 0 bridgehead atoms. The lowest BCUT2D eigenvalue weighted by atomic mass is 10.3. The third-order valence-corrected chi connectivity index (χ3v) is 2.85. The van der Waals surface area contributed by atoms with Crippen molar-refractivity contribution in [2.45, 2.75) is 66.3 Å².